The fourth-order valence-electron chi connectivity index (χ4n) is 9.87. The van der Waals surface area contributed by atoms with E-state index in [4.69, 9.17) is 4.74 Å². The monoisotopic (exact) mass is 986 g/mol. The van der Waals surface area contributed by atoms with Gasteiger partial charge in [0.15, 0.2) is 0 Å². The number of aliphatic hydroxyl groups excluding tert-OH is 2. The Kier molecular flexibility index (Phi) is 58.5. The number of allylic oxidation sites excluding steroid dienone is 3. The normalized spacial score (nSPS) is 12.7. The lowest BCUT2D eigenvalue weighted by molar-refractivity contribution is -0.143. The zero-order chi connectivity index (χ0) is 50.7. The Balaban J connectivity index is 3.50. The molecule has 70 heavy (non-hydrogen) atoms. The van der Waals surface area contributed by atoms with E-state index in [0.29, 0.717) is 19.4 Å². The van der Waals surface area contributed by atoms with Crippen molar-refractivity contribution in [2.24, 2.45) is 0 Å². The van der Waals surface area contributed by atoms with Gasteiger partial charge in [0, 0.05) is 12.8 Å². The minimum atomic E-state index is -0.864. The molecule has 0 aliphatic carbocycles. The molecule has 3 N–H and O–H groups in total. The Bertz CT molecular complexity index is 1090. The van der Waals surface area contributed by atoms with Gasteiger partial charge in [-0.2, -0.15) is 0 Å². The zero-order valence-electron chi connectivity index (χ0n) is 47.3. The first-order valence-electron chi connectivity index (χ1n) is 31.6. The van der Waals surface area contributed by atoms with E-state index in [1.54, 1.807) is 6.08 Å². The number of nitrogens with one attached hydrogen (secondary N) is 1. The number of esters is 1. The van der Waals surface area contributed by atoms with Crippen LogP contribution in [0.25, 0.3) is 0 Å². The van der Waals surface area contributed by atoms with Crippen molar-refractivity contribution < 1.29 is 24.5 Å². The molecule has 0 spiro atoms. The molecule has 2 unspecified atom stereocenters. The van der Waals surface area contributed by atoms with E-state index >= 15 is 0 Å². The quantitative estimate of drug-likeness (QED) is 0.0321. The molecule has 6 nitrogen and oxygen atoms in total. The van der Waals surface area contributed by atoms with Crippen LogP contribution in [0.3, 0.4) is 0 Å². The highest BCUT2D eigenvalue weighted by atomic mass is 16.5. The molecule has 0 saturated carbocycles. The van der Waals surface area contributed by atoms with Crippen LogP contribution in [-0.4, -0.2) is 47.4 Å². The van der Waals surface area contributed by atoms with Crippen LogP contribution in [0.2, 0.25) is 0 Å². The lowest BCUT2D eigenvalue weighted by atomic mass is 10.0. The minimum Gasteiger partial charge on any atom is -0.466 e. The molecular weight excluding hydrogens is 863 g/mol. The van der Waals surface area contributed by atoms with Gasteiger partial charge in [-0.15, -0.1) is 0 Å². The van der Waals surface area contributed by atoms with Crippen molar-refractivity contribution in [2.75, 3.05) is 13.2 Å². The summed E-state index contributed by atoms with van der Waals surface area (Å²) < 4.78 is 5.46. The van der Waals surface area contributed by atoms with E-state index in [0.717, 1.165) is 83.5 Å². The van der Waals surface area contributed by atoms with Crippen molar-refractivity contribution in [3.63, 3.8) is 0 Å². The first-order chi connectivity index (χ1) is 34.5. The molecule has 0 aromatic carbocycles. The molecule has 0 rings (SSSR count). The van der Waals surface area contributed by atoms with Crippen LogP contribution in [0.1, 0.15) is 348 Å². The molecule has 0 heterocycles. The predicted molar refractivity (Wildman–Crippen MR) is 306 cm³/mol. The van der Waals surface area contributed by atoms with Crippen molar-refractivity contribution in [2.45, 2.75) is 360 Å². The SMILES string of the molecule is CCCCCCCCCCCCCCCCCCCCCCCC/C=C/C(O)C(CO)NC(=O)CCCCCCC/C=C\CCCCOC(=O)CCCCCCCCCCCCCCCCCCCC. The third kappa shape index (κ3) is 55.7. The van der Waals surface area contributed by atoms with Gasteiger partial charge in [0.2, 0.25) is 5.91 Å². The van der Waals surface area contributed by atoms with Gasteiger partial charge in [0.25, 0.3) is 0 Å². The average molecular weight is 987 g/mol. The van der Waals surface area contributed by atoms with Crippen molar-refractivity contribution in [3.05, 3.63) is 24.3 Å². The Hall–Kier alpha value is -1.66. The van der Waals surface area contributed by atoms with Crippen molar-refractivity contribution in [3.8, 4) is 0 Å². The summed E-state index contributed by atoms with van der Waals surface area (Å²) in [4.78, 5) is 24.6. The van der Waals surface area contributed by atoms with Crippen LogP contribution < -0.4 is 5.32 Å². The predicted octanol–water partition coefficient (Wildman–Crippen LogP) is 19.8. The number of unbranched alkanes of at least 4 members (excludes halogenated alkanes) is 46. The molecule has 1 amide bonds. The van der Waals surface area contributed by atoms with Gasteiger partial charge < -0.3 is 20.3 Å². The first kappa shape index (κ1) is 68.3. The summed E-state index contributed by atoms with van der Waals surface area (Å²) in [5.41, 5.74) is 0. The van der Waals surface area contributed by atoms with Crippen LogP contribution in [0.15, 0.2) is 24.3 Å². The number of aliphatic hydroxyl groups is 2. The molecular formula is C64H123NO5. The summed E-state index contributed by atoms with van der Waals surface area (Å²) >= 11 is 0. The van der Waals surface area contributed by atoms with Gasteiger partial charge in [-0.1, -0.05) is 301 Å². The molecule has 0 bridgehead atoms. The molecule has 0 saturated heterocycles. The van der Waals surface area contributed by atoms with Crippen LogP contribution in [0, 0.1) is 0 Å². The van der Waals surface area contributed by atoms with E-state index in [-0.39, 0.29) is 18.5 Å². The van der Waals surface area contributed by atoms with E-state index in [2.05, 4.69) is 31.3 Å². The largest absolute Gasteiger partial charge is 0.466 e. The molecule has 0 aliphatic rings. The van der Waals surface area contributed by atoms with Crippen LogP contribution in [-0.2, 0) is 14.3 Å². The second kappa shape index (κ2) is 59.9. The van der Waals surface area contributed by atoms with Gasteiger partial charge in [-0.25, -0.2) is 0 Å². The lowest BCUT2D eigenvalue weighted by Gasteiger charge is -2.20. The van der Waals surface area contributed by atoms with Crippen molar-refractivity contribution >= 4 is 11.9 Å². The maximum absolute atomic E-state index is 12.5. The Labute approximate surface area is 437 Å². The van der Waals surface area contributed by atoms with E-state index < -0.39 is 12.1 Å². The van der Waals surface area contributed by atoms with Crippen LogP contribution >= 0.6 is 0 Å². The van der Waals surface area contributed by atoms with Crippen molar-refractivity contribution in [1.82, 2.24) is 5.32 Å². The highest BCUT2D eigenvalue weighted by Gasteiger charge is 2.18. The average Bonchev–Trinajstić information content (AvgIpc) is 3.36. The third-order valence-corrected chi connectivity index (χ3v) is 14.7. The highest BCUT2D eigenvalue weighted by Crippen LogP contribution is 2.18. The van der Waals surface area contributed by atoms with E-state index in [1.807, 2.05) is 6.08 Å². The number of ether oxygens (including phenoxy) is 1. The Morgan fingerprint density at radius 2 is 0.671 bits per heavy atom. The third-order valence-electron chi connectivity index (χ3n) is 14.7. The van der Waals surface area contributed by atoms with E-state index in [1.165, 1.54) is 238 Å². The number of carbonyl (C=O) groups is 2. The van der Waals surface area contributed by atoms with E-state index in [9.17, 15) is 19.8 Å². The molecule has 0 aromatic rings. The molecule has 0 fully saturated rings. The Morgan fingerprint density at radius 1 is 0.386 bits per heavy atom. The summed E-state index contributed by atoms with van der Waals surface area (Å²) in [6, 6.07) is -0.650. The van der Waals surface area contributed by atoms with Gasteiger partial charge in [0.1, 0.15) is 0 Å². The fourth-order valence-corrected chi connectivity index (χ4v) is 9.87. The fraction of sp³-hybridized carbons (Fsp3) is 0.906. The molecule has 6 heteroatoms. The summed E-state index contributed by atoms with van der Waals surface area (Å²) in [6.45, 7) is 4.86. The smallest absolute Gasteiger partial charge is 0.305 e. The number of carbonyl (C=O) groups excluding carboxylic acids is 2. The van der Waals surface area contributed by atoms with Gasteiger partial charge in [-0.3, -0.25) is 9.59 Å². The topological polar surface area (TPSA) is 95.9 Å². The van der Waals surface area contributed by atoms with Gasteiger partial charge in [-0.05, 0) is 57.8 Å². The minimum absolute atomic E-state index is 0.0277. The maximum Gasteiger partial charge on any atom is 0.305 e. The summed E-state index contributed by atoms with van der Waals surface area (Å²) in [5, 5.41) is 23.2. The number of rotatable bonds is 59. The summed E-state index contributed by atoms with van der Waals surface area (Å²) in [7, 11) is 0. The second-order valence-electron chi connectivity index (χ2n) is 21.7. The molecule has 0 aliphatic heterocycles. The number of amides is 1. The summed E-state index contributed by atoms with van der Waals surface area (Å²) in [6.07, 6.45) is 73.7. The molecule has 414 valence electrons. The van der Waals surface area contributed by atoms with Crippen LogP contribution in [0.4, 0.5) is 0 Å². The molecule has 0 radical (unpaired) electrons. The molecule has 2 atom stereocenters. The molecule has 0 aromatic heterocycles. The van der Waals surface area contributed by atoms with Crippen LogP contribution in [0.5, 0.6) is 0 Å². The van der Waals surface area contributed by atoms with Gasteiger partial charge in [0.05, 0.1) is 25.4 Å². The first-order valence-corrected chi connectivity index (χ1v) is 31.6. The highest BCUT2D eigenvalue weighted by molar-refractivity contribution is 5.76. The maximum atomic E-state index is 12.5. The lowest BCUT2D eigenvalue weighted by Crippen LogP contribution is -2.45. The number of hydrogen-bond donors (Lipinski definition) is 3. The summed E-state index contributed by atoms with van der Waals surface area (Å²) in [5.74, 6) is -0.121. The number of hydrogen-bond acceptors (Lipinski definition) is 5. The van der Waals surface area contributed by atoms with Gasteiger partial charge >= 0.3 is 5.97 Å². The second-order valence-corrected chi connectivity index (χ2v) is 21.7. The zero-order valence-corrected chi connectivity index (χ0v) is 47.3. The van der Waals surface area contributed by atoms with Crippen molar-refractivity contribution in [1.29, 1.82) is 0 Å². The Morgan fingerprint density at radius 3 is 1.01 bits per heavy atom. The standard InChI is InChI=1S/C64H123NO5/c1-3-5-7-9-11-13-15-17-19-21-23-24-25-26-27-28-29-31-33-36-40-44-48-52-56-62(67)61(60-66)65-63(68)57-53-49-45-41-37-35-39-43-47-51-55-59-70-64(69)58-54-50-46-42-38-34-32-30-22-20-18-16-14-12-10-8-6-4-2/h39,43,52,56,61-62,66-67H,3-38,40-42,44-51,53-55,57-60H2,1-2H3,(H,65,68)/b43-39-,56-52+.